The molecule has 0 aliphatic carbocycles. The van der Waals surface area contributed by atoms with Crippen LogP contribution in [-0.2, 0) is 0 Å². The molecule has 2 rings (SSSR count). The molecule has 4 nitrogen and oxygen atoms in total. The van der Waals surface area contributed by atoms with Gasteiger partial charge in [-0.05, 0) is 18.6 Å². The van der Waals surface area contributed by atoms with Gasteiger partial charge in [0.1, 0.15) is 0 Å². The van der Waals surface area contributed by atoms with Crippen LogP contribution in [0.2, 0.25) is 5.02 Å². The summed E-state index contributed by atoms with van der Waals surface area (Å²) in [6.45, 7) is 2.69. The summed E-state index contributed by atoms with van der Waals surface area (Å²) in [4.78, 5) is 13.3. The molecule has 1 fully saturated rings. The van der Waals surface area contributed by atoms with Crippen LogP contribution in [-0.4, -0.2) is 35.2 Å². The van der Waals surface area contributed by atoms with Gasteiger partial charge in [-0.15, -0.1) is 0 Å². The largest absolute Gasteiger partial charge is 0.389 e. The van der Waals surface area contributed by atoms with Crippen molar-refractivity contribution in [2.75, 3.05) is 13.1 Å². The lowest BCUT2D eigenvalue weighted by Crippen LogP contribution is -2.56. The topological polar surface area (TPSA) is 52.6 Å². The molecule has 5 heteroatoms. The minimum atomic E-state index is -0.378. The number of carbonyl (C=O) groups is 1. The molecule has 1 aromatic rings. The number of halogens is 1. The van der Waals surface area contributed by atoms with Crippen molar-refractivity contribution >= 4 is 17.6 Å². The summed E-state index contributed by atoms with van der Waals surface area (Å²) >= 11 is 6.05. The van der Waals surface area contributed by atoms with Crippen LogP contribution in [0.5, 0.6) is 0 Å². The maximum absolute atomic E-state index is 11.7. The zero-order valence-electron chi connectivity index (χ0n) is 9.56. The van der Waals surface area contributed by atoms with Gasteiger partial charge in [0.25, 0.3) is 0 Å². The first-order valence-corrected chi connectivity index (χ1v) is 5.93. The number of carbonyl (C=O) groups excluding carboxylic acids is 1. The highest BCUT2D eigenvalue weighted by atomic mass is 35.5. The highest BCUT2D eigenvalue weighted by molar-refractivity contribution is 6.31. The lowest BCUT2D eigenvalue weighted by atomic mass is 10.1. The fourth-order valence-corrected chi connectivity index (χ4v) is 2.10. The lowest BCUT2D eigenvalue weighted by Gasteiger charge is -2.36. The number of likely N-dealkylation sites (tertiary alicyclic amines) is 1. The van der Waals surface area contributed by atoms with Gasteiger partial charge >= 0.3 is 6.03 Å². The number of aliphatic hydroxyl groups is 1. The van der Waals surface area contributed by atoms with E-state index >= 15 is 0 Å². The molecule has 0 radical (unpaired) electrons. The molecule has 0 aromatic heterocycles. The van der Waals surface area contributed by atoms with E-state index in [0.29, 0.717) is 18.1 Å². The number of urea groups is 1. The molecular weight excluding hydrogens is 240 g/mol. The van der Waals surface area contributed by atoms with Crippen molar-refractivity contribution in [1.82, 2.24) is 10.2 Å². The zero-order chi connectivity index (χ0) is 12.4. The summed E-state index contributed by atoms with van der Waals surface area (Å²) in [6.07, 6.45) is -0.378. The van der Waals surface area contributed by atoms with Gasteiger partial charge in [0, 0.05) is 5.02 Å². The SMILES string of the molecule is C[C@@H](NC(=O)N1CC(O)C1)c1ccccc1Cl. The number of nitrogens with zero attached hydrogens (tertiary/aromatic N) is 1. The molecule has 92 valence electrons. The third-order valence-electron chi connectivity index (χ3n) is 2.86. The van der Waals surface area contributed by atoms with Crippen LogP contribution in [0.25, 0.3) is 0 Å². The average molecular weight is 255 g/mol. The van der Waals surface area contributed by atoms with E-state index in [9.17, 15) is 4.79 Å². The Morgan fingerprint density at radius 2 is 2.18 bits per heavy atom. The number of nitrogens with one attached hydrogen (secondary N) is 1. The van der Waals surface area contributed by atoms with Gasteiger partial charge in [0.2, 0.25) is 0 Å². The second-order valence-electron chi connectivity index (χ2n) is 4.25. The van der Waals surface area contributed by atoms with Crippen LogP contribution in [0.15, 0.2) is 24.3 Å². The second kappa shape index (κ2) is 4.94. The van der Waals surface area contributed by atoms with E-state index in [0.717, 1.165) is 5.56 Å². The summed E-state index contributed by atoms with van der Waals surface area (Å²) in [7, 11) is 0. The fourth-order valence-electron chi connectivity index (χ4n) is 1.80. The van der Waals surface area contributed by atoms with Crippen LogP contribution in [0, 0.1) is 0 Å². The molecule has 1 heterocycles. The summed E-state index contributed by atoms with van der Waals surface area (Å²) in [5.74, 6) is 0. The Hall–Kier alpha value is -1.26. The van der Waals surface area contributed by atoms with E-state index in [1.54, 1.807) is 11.0 Å². The van der Waals surface area contributed by atoms with E-state index in [4.69, 9.17) is 16.7 Å². The van der Waals surface area contributed by atoms with Crippen LogP contribution in [0.4, 0.5) is 4.79 Å². The van der Waals surface area contributed by atoms with Crippen molar-refractivity contribution in [3.05, 3.63) is 34.9 Å². The number of benzene rings is 1. The predicted molar refractivity (Wildman–Crippen MR) is 66.0 cm³/mol. The smallest absolute Gasteiger partial charge is 0.318 e. The standard InChI is InChI=1S/C12H15ClN2O2/c1-8(10-4-2-3-5-11(10)13)14-12(17)15-6-9(16)7-15/h2-5,8-9,16H,6-7H2,1H3,(H,14,17)/t8-/m1/s1. The minimum absolute atomic E-state index is 0.144. The molecule has 0 spiro atoms. The molecule has 0 bridgehead atoms. The first-order chi connectivity index (χ1) is 8.08. The maximum Gasteiger partial charge on any atom is 0.318 e. The third kappa shape index (κ3) is 2.70. The molecule has 1 saturated heterocycles. The molecule has 2 N–H and O–H groups in total. The number of amides is 2. The molecule has 0 unspecified atom stereocenters. The Labute approximate surface area is 105 Å². The summed E-state index contributed by atoms with van der Waals surface area (Å²) < 4.78 is 0. The van der Waals surface area contributed by atoms with Gasteiger partial charge in [0.05, 0.1) is 25.2 Å². The third-order valence-corrected chi connectivity index (χ3v) is 3.21. The maximum atomic E-state index is 11.7. The van der Waals surface area contributed by atoms with Crippen LogP contribution in [0.1, 0.15) is 18.5 Å². The molecule has 1 aliphatic heterocycles. The zero-order valence-corrected chi connectivity index (χ0v) is 10.3. The lowest BCUT2D eigenvalue weighted by molar-refractivity contribution is 0.0259. The number of hydrogen-bond acceptors (Lipinski definition) is 2. The first kappa shape index (κ1) is 12.2. The molecular formula is C12H15ClN2O2. The monoisotopic (exact) mass is 254 g/mol. The molecule has 1 aliphatic rings. The van der Waals surface area contributed by atoms with Crippen molar-refractivity contribution < 1.29 is 9.90 Å². The Balaban J connectivity index is 1.95. The van der Waals surface area contributed by atoms with Crippen molar-refractivity contribution in [2.24, 2.45) is 0 Å². The van der Waals surface area contributed by atoms with Crippen molar-refractivity contribution in [1.29, 1.82) is 0 Å². The summed E-state index contributed by atoms with van der Waals surface area (Å²) in [5.41, 5.74) is 0.892. The number of rotatable bonds is 2. The number of aliphatic hydroxyl groups excluding tert-OH is 1. The van der Waals surface area contributed by atoms with Crippen molar-refractivity contribution in [2.45, 2.75) is 19.1 Å². The Morgan fingerprint density at radius 1 is 1.53 bits per heavy atom. The Morgan fingerprint density at radius 3 is 2.76 bits per heavy atom. The van der Waals surface area contributed by atoms with Crippen molar-refractivity contribution in [3.63, 3.8) is 0 Å². The molecule has 2 amide bonds. The molecule has 0 saturated carbocycles. The van der Waals surface area contributed by atoms with Gasteiger partial charge in [-0.1, -0.05) is 29.8 Å². The summed E-state index contributed by atoms with van der Waals surface area (Å²) in [6, 6.07) is 7.12. The first-order valence-electron chi connectivity index (χ1n) is 5.56. The van der Waals surface area contributed by atoms with Crippen LogP contribution < -0.4 is 5.32 Å². The Bertz CT molecular complexity index is 419. The van der Waals surface area contributed by atoms with Gasteiger partial charge in [-0.3, -0.25) is 0 Å². The van der Waals surface area contributed by atoms with Gasteiger partial charge < -0.3 is 15.3 Å². The van der Waals surface area contributed by atoms with E-state index < -0.39 is 0 Å². The predicted octanol–water partition coefficient (Wildman–Crippen LogP) is 1.79. The molecule has 17 heavy (non-hydrogen) atoms. The highest BCUT2D eigenvalue weighted by Crippen LogP contribution is 2.22. The Kier molecular flexibility index (Phi) is 3.54. The quantitative estimate of drug-likeness (QED) is 0.845. The van der Waals surface area contributed by atoms with Crippen LogP contribution >= 0.6 is 11.6 Å². The van der Waals surface area contributed by atoms with Crippen LogP contribution in [0.3, 0.4) is 0 Å². The molecule has 1 aromatic carbocycles. The fraction of sp³-hybridized carbons (Fsp3) is 0.417. The number of hydrogen-bond donors (Lipinski definition) is 2. The van der Waals surface area contributed by atoms with Gasteiger partial charge in [0.15, 0.2) is 0 Å². The van der Waals surface area contributed by atoms with Gasteiger partial charge in [-0.2, -0.15) is 0 Å². The average Bonchev–Trinajstić information content (AvgIpc) is 2.25. The van der Waals surface area contributed by atoms with E-state index in [1.165, 1.54) is 0 Å². The summed E-state index contributed by atoms with van der Waals surface area (Å²) in [5, 5.41) is 12.6. The highest BCUT2D eigenvalue weighted by Gasteiger charge is 2.29. The van der Waals surface area contributed by atoms with Gasteiger partial charge in [-0.25, -0.2) is 4.79 Å². The van der Waals surface area contributed by atoms with E-state index in [2.05, 4.69) is 5.32 Å². The van der Waals surface area contributed by atoms with E-state index in [-0.39, 0.29) is 18.2 Å². The van der Waals surface area contributed by atoms with Crippen molar-refractivity contribution in [3.8, 4) is 0 Å². The molecule has 1 atom stereocenters. The second-order valence-corrected chi connectivity index (χ2v) is 4.66. The number of β-amino-alcohol motifs (C(OH)–C–C–N with tert-alkyl or cyclic N) is 1. The minimum Gasteiger partial charge on any atom is -0.389 e. The van der Waals surface area contributed by atoms with E-state index in [1.807, 2.05) is 25.1 Å². The normalized spacial score (nSPS) is 17.5.